The van der Waals surface area contributed by atoms with Gasteiger partial charge in [-0.3, -0.25) is 4.79 Å². The van der Waals surface area contributed by atoms with E-state index in [2.05, 4.69) is 0 Å². The Morgan fingerprint density at radius 1 is 1.37 bits per heavy atom. The molecule has 0 heterocycles. The average Bonchev–Trinajstić information content (AvgIpc) is 2.27. The SMILES string of the molecule is CC(=O)OC(C)(C(=O)[O-])c1ccc(N)cc1C(=O)O. The number of aromatic carboxylic acids is 1. The summed E-state index contributed by atoms with van der Waals surface area (Å²) in [4.78, 5) is 33.3. The Kier molecular flexibility index (Phi) is 3.79. The van der Waals surface area contributed by atoms with E-state index < -0.39 is 23.5 Å². The maximum atomic E-state index is 11.2. The maximum Gasteiger partial charge on any atom is 0.336 e. The van der Waals surface area contributed by atoms with Gasteiger partial charge < -0.3 is 25.5 Å². The van der Waals surface area contributed by atoms with Crippen molar-refractivity contribution in [3.8, 4) is 0 Å². The molecule has 7 heteroatoms. The van der Waals surface area contributed by atoms with Crippen molar-refractivity contribution in [2.24, 2.45) is 0 Å². The first-order valence-electron chi connectivity index (χ1n) is 5.23. The minimum atomic E-state index is -2.20. The Hall–Kier alpha value is -2.57. The van der Waals surface area contributed by atoms with E-state index in [4.69, 9.17) is 15.6 Å². The molecule has 0 bridgehead atoms. The molecule has 0 aromatic heterocycles. The fourth-order valence-electron chi connectivity index (χ4n) is 1.65. The van der Waals surface area contributed by atoms with Crippen LogP contribution >= 0.6 is 0 Å². The molecule has 1 aromatic rings. The lowest BCUT2D eigenvalue weighted by Gasteiger charge is -2.31. The summed E-state index contributed by atoms with van der Waals surface area (Å²) in [5.74, 6) is -3.99. The van der Waals surface area contributed by atoms with Gasteiger partial charge in [-0.15, -0.1) is 0 Å². The van der Waals surface area contributed by atoms with Crippen LogP contribution < -0.4 is 10.8 Å². The zero-order chi connectivity index (χ0) is 14.8. The van der Waals surface area contributed by atoms with E-state index in [1.165, 1.54) is 12.1 Å². The predicted octanol–water partition coefficient (Wildman–Crippen LogP) is -0.505. The van der Waals surface area contributed by atoms with Gasteiger partial charge in [0, 0.05) is 18.2 Å². The summed E-state index contributed by atoms with van der Waals surface area (Å²) in [6, 6.07) is 3.58. The van der Waals surface area contributed by atoms with Gasteiger partial charge in [0.25, 0.3) is 0 Å². The zero-order valence-corrected chi connectivity index (χ0v) is 10.3. The number of anilines is 1. The van der Waals surface area contributed by atoms with Crippen LogP contribution in [0.4, 0.5) is 5.69 Å². The first kappa shape index (κ1) is 14.5. The smallest absolute Gasteiger partial charge is 0.336 e. The van der Waals surface area contributed by atoms with Gasteiger partial charge in [0.15, 0.2) is 5.60 Å². The molecule has 1 atom stereocenters. The van der Waals surface area contributed by atoms with Gasteiger partial charge in [0.2, 0.25) is 0 Å². The van der Waals surface area contributed by atoms with Gasteiger partial charge in [-0.2, -0.15) is 0 Å². The van der Waals surface area contributed by atoms with E-state index in [-0.39, 0.29) is 16.8 Å². The van der Waals surface area contributed by atoms with E-state index in [0.717, 1.165) is 19.9 Å². The Balaban J connectivity index is 3.51. The van der Waals surface area contributed by atoms with E-state index >= 15 is 0 Å². The summed E-state index contributed by atoms with van der Waals surface area (Å²) in [6.45, 7) is 2.06. The number of ether oxygens (including phenoxy) is 1. The van der Waals surface area contributed by atoms with Crippen LogP contribution in [0.15, 0.2) is 18.2 Å². The lowest BCUT2D eigenvalue weighted by atomic mass is 9.90. The van der Waals surface area contributed by atoms with Crippen LogP contribution in [-0.2, 0) is 19.9 Å². The number of esters is 1. The van der Waals surface area contributed by atoms with Crippen molar-refractivity contribution in [1.29, 1.82) is 0 Å². The molecule has 0 saturated carbocycles. The molecule has 0 amide bonds. The van der Waals surface area contributed by atoms with Gasteiger partial charge >= 0.3 is 11.9 Å². The molecule has 3 N–H and O–H groups in total. The topological polar surface area (TPSA) is 130 Å². The summed E-state index contributed by atoms with van der Waals surface area (Å²) in [7, 11) is 0. The number of rotatable bonds is 4. The van der Waals surface area contributed by atoms with Crippen LogP contribution in [0.5, 0.6) is 0 Å². The molecule has 1 unspecified atom stereocenters. The third-order valence-electron chi connectivity index (χ3n) is 2.53. The highest BCUT2D eigenvalue weighted by Crippen LogP contribution is 2.29. The molecule has 0 aliphatic rings. The van der Waals surface area contributed by atoms with E-state index in [0.29, 0.717) is 0 Å². The summed E-state index contributed by atoms with van der Waals surface area (Å²) in [5.41, 5.74) is 2.81. The first-order valence-corrected chi connectivity index (χ1v) is 5.23. The standard InChI is InChI=1S/C12H13NO6/c1-6(14)19-12(2,11(17)18)9-4-3-7(13)5-8(9)10(15)16/h3-5H,13H2,1-2H3,(H,15,16)(H,17,18)/p-1. The van der Waals surface area contributed by atoms with Crippen molar-refractivity contribution in [1.82, 2.24) is 0 Å². The van der Waals surface area contributed by atoms with Crippen molar-refractivity contribution in [2.75, 3.05) is 5.73 Å². The summed E-state index contributed by atoms with van der Waals surface area (Å²) in [6.07, 6.45) is 0. The highest BCUT2D eigenvalue weighted by atomic mass is 16.6. The Morgan fingerprint density at radius 2 is 1.95 bits per heavy atom. The van der Waals surface area contributed by atoms with E-state index in [9.17, 15) is 19.5 Å². The molecule has 0 spiro atoms. The molecule has 7 nitrogen and oxygen atoms in total. The van der Waals surface area contributed by atoms with Gasteiger partial charge in [-0.25, -0.2) is 4.79 Å². The minimum Gasteiger partial charge on any atom is -0.545 e. The third-order valence-corrected chi connectivity index (χ3v) is 2.53. The Morgan fingerprint density at radius 3 is 2.37 bits per heavy atom. The van der Waals surface area contributed by atoms with Crippen molar-refractivity contribution < 1.29 is 29.3 Å². The number of aliphatic carboxylic acids is 1. The van der Waals surface area contributed by atoms with Crippen molar-refractivity contribution >= 4 is 23.6 Å². The van der Waals surface area contributed by atoms with Gasteiger partial charge in [-0.05, 0) is 19.1 Å². The Bertz CT molecular complexity index is 553. The lowest BCUT2D eigenvalue weighted by molar-refractivity contribution is -0.325. The normalized spacial score (nSPS) is 13.4. The fourth-order valence-corrected chi connectivity index (χ4v) is 1.65. The highest BCUT2D eigenvalue weighted by Gasteiger charge is 2.35. The zero-order valence-electron chi connectivity index (χ0n) is 10.3. The number of carbonyl (C=O) groups is 3. The van der Waals surface area contributed by atoms with Gasteiger partial charge in [0.05, 0.1) is 11.5 Å². The lowest BCUT2D eigenvalue weighted by Crippen LogP contribution is -2.47. The second kappa shape index (κ2) is 4.97. The minimum absolute atomic E-state index is 0.143. The molecular formula is C12H12NO6-. The number of nitrogen functional groups attached to an aromatic ring is 1. The molecule has 0 aliphatic heterocycles. The van der Waals surface area contributed by atoms with Crippen molar-refractivity contribution in [2.45, 2.75) is 19.4 Å². The average molecular weight is 266 g/mol. The van der Waals surface area contributed by atoms with E-state index in [1.807, 2.05) is 0 Å². The van der Waals surface area contributed by atoms with Crippen molar-refractivity contribution in [3.63, 3.8) is 0 Å². The number of nitrogens with two attached hydrogens (primary N) is 1. The number of carboxylic acid groups (broad SMARTS) is 2. The predicted molar refractivity (Wildman–Crippen MR) is 61.9 cm³/mol. The quantitative estimate of drug-likeness (QED) is 0.554. The van der Waals surface area contributed by atoms with Crippen LogP contribution in [0.2, 0.25) is 0 Å². The second-order valence-electron chi connectivity index (χ2n) is 4.02. The summed E-state index contributed by atoms with van der Waals surface area (Å²) < 4.78 is 4.71. The van der Waals surface area contributed by atoms with Crippen LogP contribution in [0.3, 0.4) is 0 Å². The molecule has 1 aromatic carbocycles. The van der Waals surface area contributed by atoms with Crippen LogP contribution in [0.1, 0.15) is 29.8 Å². The Labute approximate surface area is 108 Å². The van der Waals surface area contributed by atoms with E-state index in [1.54, 1.807) is 0 Å². The summed E-state index contributed by atoms with van der Waals surface area (Å²) >= 11 is 0. The summed E-state index contributed by atoms with van der Waals surface area (Å²) in [5, 5.41) is 20.3. The number of hydrogen-bond donors (Lipinski definition) is 2. The van der Waals surface area contributed by atoms with Gasteiger partial charge in [-0.1, -0.05) is 6.07 Å². The maximum absolute atomic E-state index is 11.2. The third kappa shape index (κ3) is 2.82. The molecular weight excluding hydrogens is 254 g/mol. The number of hydrogen-bond acceptors (Lipinski definition) is 6. The fraction of sp³-hybridized carbons (Fsp3) is 0.250. The second-order valence-corrected chi connectivity index (χ2v) is 4.02. The molecule has 0 radical (unpaired) electrons. The van der Waals surface area contributed by atoms with Crippen LogP contribution in [-0.4, -0.2) is 23.0 Å². The number of benzene rings is 1. The van der Waals surface area contributed by atoms with Crippen LogP contribution in [0.25, 0.3) is 0 Å². The largest absolute Gasteiger partial charge is 0.545 e. The number of carboxylic acids is 2. The highest BCUT2D eigenvalue weighted by molar-refractivity contribution is 5.94. The first-order chi connectivity index (χ1) is 8.68. The molecule has 19 heavy (non-hydrogen) atoms. The van der Waals surface area contributed by atoms with Crippen molar-refractivity contribution in [3.05, 3.63) is 29.3 Å². The molecule has 102 valence electrons. The molecule has 0 aliphatic carbocycles. The van der Waals surface area contributed by atoms with Crippen LogP contribution in [0, 0.1) is 0 Å². The van der Waals surface area contributed by atoms with Gasteiger partial charge in [0.1, 0.15) is 0 Å². The number of carbonyl (C=O) groups excluding carboxylic acids is 2. The molecule has 0 saturated heterocycles. The molecule has 1 rings (SSSR count). The monoisotopic (exact) mass is 266 g/mol. The molecule has 0 fully saturated rings.